The first-order valence-corrected chi connectivity index (χ1v) is 13.5. The van der Waals surface area contributed by atoms with Crippen LogP contribution in [0.1, 0.15) is 54.0 Å². The lowest BCUT2D eigenvalue weighted by atomic mass is 9.99. The molecule has 4 heterocycles. The van der Waals surface area contributed by atoms with Gasteiger partial charge in [0.2, 0.25) is 0 Å². The summed E-state index contributed by atoms with van der Waals surface area (Å²) < 4.78 is 42.2. The Labute approximate surface area is 227 Å². The zero-order valence-electron chi connectivity index (χ0n) is 22.3. The summed E-state index contributed by atoms with van der Waals surface area (Å²) in [5, 5.41) is 0. The van der Waals surface area contributed by atoms with E-state index < -0.39 is 11.7 Å². The Hall–Kier alpha value is -3.59. The van der Waals surface area contributed by atoms with Gasteiger partial charge in [0.15, 0.2) is 0 Å². The van der Waals surface area contributed by atoms with Gasteiger partial charge in [0.05, 0.1) is 17.9 Å². The Morgan fingerprint density at radius 2 is 1.92 bits per heavy atom. The maximum atomic E-state index is 15.0. The number of aromatic nitrogens is 3. The molecular weight excluding hydrogens is 501 g/mol. The predicted octanol–water partition coefficient (Wildman–Crippen LogP) is 5.95. The van der Waals surface area contributed by atoms with Gasteiger partial charge in [0.25, 0.3) is 5.92 Å². The number of nitrogen functional groups attached to an aromatic ring is 1. The summed E-state index contributed by atoms with van der Waals surface area (Å²) in [5.41, 5.74) is 11.8. The number of benzene rings is 1. The van der Waals surface area contributed by atoms with E-state index in [4.69, 9.17) is 10.7 Å². The first-order valence-electron chi connectivity index (χ1n) is 13.5. The van der Waals surface area contributed by atoms with Crippen molar-refractivity contribution in [3.63, 3.8) is 0 Å². The number of aryl methyl sites for hydroxylation is 1. The number of anilines is 1. The normalized spacial score (nSPS) is 18.1. The molecule has 2 saturated heterocycles. The van der Waals surface area contributed by atoms with Gasteiger partial charge in [0.1, 0.15) is 17.3 Å². The molecule has 0 spiro atoms. The number of hydrogen-bond acceptors (Lipinski definition) is 5. The highest BCUT2D eigenvalue weighted by Crippen LogP contribution is 2.31. The van der Waals surface area contributed by atoms with Crippen LogP contribution in [0, 0.1) is 12.7 Å². The largest absolute Gasteiger partial charge is 0.396 e. The van der Waals surface area contributed by atoms with Gasteiger partial charge in [-0.2, -0.15) is 0 Å². The molecule has 0 atom stereocenters. The van der Waals surface area contributed by atoms with Crippen LogP contribution in [0.4, 0.5) is 18.9 Å². The third-order valence-corrected chi connectivity index (χ3v) is 7.51. The minimum absolute atomic E-state index is 0.0793. The molecule has 2 fully saturated rings. The van der Waals surface area contributed by atoms with Crippen molar-refractivity contribution < 1.29 is 13.2 Å². The van der Waals surface area contributed by atoms with Crippen LogP contribution in [0.3, 0.4) is 0 Å². The van der Waals surface area contributed by atoms with Gasteiger partial charge in [-0.15, -0.1) is 0 Å². The van der Waals surface area contributed by atoms with E-state index in [1.165, 1.54) is 12.5 Å². The molecule has 1 aromatic carbocycles. The maximum Gasteiger partial charge on any atom is 0.261 e. The SMILES string of the molecule is C=C/C=C(\c1nc(Cc2cc(-c3cncc(CN4CCC(F)(F)C4)c3)cc(F)c2N)[nH]c1C)N1CCCCC1. The van der Waals surface area contributed by atoms with Crippen LogP contribution < -0.4 is 5.73 Å². The number of pyridine rings is 1. The number of alkyl halides is 2. The third kappa shape index (κ3) is 6.19. The van der Waals surface area contributed by atoms with E-state index in [-0.39, 0.29) is 18.7 Å². The highest BCUT2D eigenvalue weighted by Gasteiger charge is 2.37. The van der Waals surface area contributed by atoms with Crippen molar-refractivity contribution in [2.45, 2.75) is 51.5 Å². The summed E-state index contributed by atoms with van der Waals surface area (Å²) in [6.45, 7) is 8.28. The van der Waals surface area contributed by atoms with Gasteiger partial charge in [-0.25, -0.2) is 18.2 Å². The molecule has 5 rings (SSSR count). The first kappa shape index (κ1) is 27.0. The van der Waals surface area contributed by atoms with E-state index >= 15 is 4.39 Å². The highest BCUT2D eigenvalue weighted by molar-refractivity contribution is 5.69. The van der Waals surface area contributed by atoms with E-state index in [1.807, 2.05) is 25.1 Å². The molecular formula is C30H35F3N6. The van der Waals surface area contributed by atoms with Crippen LogP contribution >= 0.6 is 0 Å². The number of piperidine rings is 1. The van der Waals surface area contributed by atoms with E-state index in [1.54, 1.807) is 23.4 Å². The minimum atomic E-state index is -2.65. The molecule has 0 saturated carbocycles. The number of nitrogens with two attached hydrogens (primary N) is 1. The number of hydrogen-bond donors (Lipinski definition) is 2. The third-order valence-electron chi connectivity index (χ3n) is 7.51. The smallest absolute Gasteiger partial charge is 0.261 e. The zero-order valence-corrected chi connectivity index (χ0v) is 22.3. The number of nitrogens with zero attached hydrogens (tertiary/aromatic N) is 4. The van der Waals surface area contributed by atoms with Gasteiger partial charge < -0.3 is 15.6 Å². The zero-order chi connectivity index (χ0) is 27.6. The number of nitrogens with one attached hydrogen (secondary N) is 1. The summed E-state index contributed by atoms with van der Waals surface area (Å²) in [5.74, 6) is -2.48. The fourth-order valence-corrected chi connectivity index (χ4v) is 5.54. The number of halogens is 3. The summed E-state index contributed by atoms with van der Waals surface area (Å²) in [6, 6.07) is 5.12. The highest BCUT2D eigenvalue weighted by atomic mass is 19.3. The van der Waals surface area contributed by atoms with Crippen molar-refractivity contribution in [2.24, 2.45) is 0 Å². The molecule has 0 aliphatic carbocycles. The number of H-pyrrole nitrogens is 1. The van der Waals surface area contributed by atoms with Crippen molar-refractivity contribution in [3.8, 4) is 11.1 Å². The van der Waals surface area contributed by atoms with Crippen molar-refractivity contribution in [2.75, 3.05) is 31.9 Å². The molecule has 206 valence electrons. The average molecular weight is 537 g/mol. The van der Waals surface area contributed by atoms with Crippen LogP contribution in [-0.2, 0) is 13.0 Å². The molecule has 2 aromatic heterocycles. The lowest BCUT2D eigenvalue weighted by Crippen LogP contribution is -2.28. The molecule has 0 unspecified atom stereocenters. The molecule has 3 aromatic rings. The molecule has 9 heteroatoms. The Morgan fingerprint density at radius 1 is 1.13 bits per heavy atom. The van der Waals surface area contributed by atoms with Crippen molar-refractivity contribution in [3.05, 3.63) is 83.5 Å². The van der Waals surface area contributed by atoms with E-state index in [0.717, 1.165) is 48.6 Å². The second-order valence-electron chi connectivity index (χ2n) is 10.6. The lowest BCUT2D eigenvalue weighted by molar-refractivity contribution is 0.0115. The van der Waals surface area contributed by atoms with Crippen molar-refractivity contribution >= 4 is 11.4 Å². The van der Waals surface area contributed by atoms with Crippen LogP contribution in [0.5, 0.6) is 0 Å². The number of likely N-dealkylation sites (tertiary alicyclic amines) is 2. The van der Waals surface area contributed by atoms with Crippen LogP contribution in [0.15, 0.2) is 49.3 Å². The predicted molar refractivity (Wildman–Crippen MR) is 149 cm³/mol. The summed E-state index contributed by atoms with van der Waals surface area (Å²) >= 11 is 0. The van der Waals surface area contributed by atoms with Crippen LogP contribution in [0.2, 0.25) is 0 Å². The van der Waals surface area contributed by atoms with Gasteiger partial charge >= 0.3 is 0 Å². The lowest BCUT2D eigenvalue weighted by Gasteiger charge is -2.30. The fourth-order valence-electron chi connectivity index (χ4n) is 5.54. The summed E-state index contributed by atoms with van der Waals surface area (Å²) in [4.78, 5) is 16.6. The number of rotatable bonds is 8. The van der Waals surface area contributed by atoms with Gasteiger partial charge in [-0.05, 0) is 67.2 Å². The average Bonchev–Trinajstić information content (AvgIpc) is 3.45. The minimum Gasteiger partial charge on any atom is -0.396 e. The second-order valence-corrected chi connectivity index (χ2v) is 10.6. The Kier molecular flexibility index (Phi) is 7.79. The Balaban J connectivity index is 1.39. The van der Waals surface area contributed by atoms with Crippen LogP contribution in [0.25, 0.3) is 16.8 Å². The molecule has 2 aliphatic heterocycles. The topological polar surface area (TPSA) is 74.1 Å². The second kappa shape index (κ2) is 11.3. The monoisotopic (exact) mass is 536 g/mol. The standard InChI is InChI=1S/C30H35F3N6/c1-3-7-26(39-9-5-4-6-10-39)29-20(2)36-27(37-29)15-23-13-22(14-25(31)28(23)34)24-12-21(16-35-17-24)18-38-11-8-30(32,33)19-38/h3,7,12-14,16-17H,1,4-6,8-11,15,18-19,34H2,2H3,(H,36,37)/b26-7+. The van der Waals surface area contributed by atoms with Crippen LogP contribution in [-0.4, -0.2) is 56.9 Å². The number of imidazole rings is 1. The summed E-state index contributed by atoms with van der Waals surface area (Å²) in [7, 11) is 0. The Bertz CT molecular complexity index is 1370. The molecule has 3 N–H and O–H groups in total. The van der Waals surface area contributed by atoms with Crippen molar-refractivity contribution in [1.82, 2.24) is 24.8 Å². The molecule has 0 radical (unpaired) electrons. The quantitative estimate of drug-likeness (QED) is 0.275. The number of aromatic amines is 1. The van der Waals surface area contributed by atoms with Gasteiger partial charge in [-0.1, -0.05) is 12.7 Å². The fraction of sp³-hybridized carbons (Fsp3) is 0.400. The molecule has 6 nitrogen and oxygen atoms in total. The Morgan fingerprint density at radius 3 is 2.64 bits per heavy atom. The van der Waals surface area contributed by atoms with Crippen molar-refractivity contribution in [1.29, 1.82) is 0 Å². The van der Waals surface area contributed by atoms with Gasteiger partial charge in [-0.3, -0.25) is 9.88 Å². The number of allylic oxidation sites excluding steroid dienone is 2. The van der Waals surface area contributed by atoms with E-state index in [0.29, 0.717) is 42.0 Å². The van der Waals surface area contributed by atoms with Gasteiger partial charge in [0, 0.05) is 62.7 Å². The molecule has 0 bridgehead atoms. The van der Waals surface area contributed by atoms with E-state index in [2.05, 4.69) is 21.4 Å². The van der Waals surface area contributed by atoms with E-state index in [9.17, 15) is 8.78 Å². The molecule has 2 aliphatic rings. The first-order chi connectivity index (χ1) is 18.7. The molecule has 39 heavy (non-hydrogen) atoms. The summed E-state index contributed by atoms with van der Waals surface area (Å²) in [6.07, 6.45) is 10.8. The molecule has 0 amide bonds. The maximum absolute atomic E-state index is 15.0.